The molecule has 0 bridgehead atoms. The number of nitrogens with zero attached hydrogens (tertiary/aromatic N) is 4. The average Bonchev–Trinajstić information content (AvgIpc) is 3.21. The highest BCUT2D eigenvalue weighted by Crippen LogP contribution is 2.39. The van der Waals surface area contributed by atoms with Crippen LogP contribution in [0.2, 0.25) is 0 Å². The standard InChI is InChI=1S/C20H15FN4/c21-18-8-6-17(7-9-18)20(25-13-12-23-15-25,16-4-2-1-3-5-16)19-14-22-10-11-24-19/h1-15H. The number of hydrogen-bond acceptors (Lipinski definition) is 3. The zero-order valence-electron chi connectivity index (χ0n) is 13.3. The van der Waals surface area contributed by atoms with Gasteiger partial charge in [0.25, 0.3) is 0 Å². The van der Waals surface area contributed by atoms with Crippen LogP contribution in [-0.4, -0.2) is 19.5 Å². The van der Waals surface area contributed by atoms with Crippen LogP contribution in [0.25, 0.3) is 0 Å². The Hall–Kier alpha value is -3.34. The normalized spacial score (nSPS) is 13.3. The molecule has 4 rings (SSSR count). The second-order valence-electron chi connectivity index (χ2n) is 5.64. The van der Waals surface area contributed by atoms with Crippen LogP contribution >= 0.6 is 0 Å². The van der Waals surface area contributed by atoms with Crippen molar-refractivity contribution in [2.75, 3.05) is 0 Å². The van der Waals surface area contributed by atoms with Gasteiger partial charge in [-0.15, -0.1) is 0 Å². The van der Waals surface area contributed by atoms with Gasteiger partial charge in [-0.05, 0) is 23.3 Å². The molecule has 122 valence electrons. The maximum absolute atomic E-state index is 13.6. The van der Waals surface area contributed by atoms with E-state index in [4.69, 9.17) is 0 Å². The van der Waals surface area contributed by atoms with E-state index >= 15 is 0 Å². The maximum Gasteiger partial charge on any atom is 0.140 e. The molecular formula is C20H15FN4. The SMILES string of the molecule is Fc1ccc(C(c2ccccc2)(c2cnccn2)n2ccnc2)cc1. The molecule has 0 spiro atoms. The van der Waals surface area contributed by atoms with E-state index in [2.05, 4.69) is 15.0 Å². The van der Waals surface area contributed by atoms with E-state index in [1.165, 1.54) is 12.1 Å². The lowest BCUT2D eigenvalue weighted by Gasteiger charge is -2.35. The summed E-state index contributed by atoms with van der Waals surface area (Å²) in [5.41, 5.74) is 1.80. The molecular weight excluding hydrogens is 315 g/mol. The van der Waals surface area contributed by atoms with Crippen molar-refractivity contribution in [2.45, 2.75) is 5.54 Å². The molecule has 2 heterocycles. The van der Waals surface area contributed by atoms with E-state index < -0.39 is 5.54 Å². The molecule has 1 unspecified atom stereocenters. The van der Waals surface area contributed by atoms with Gasteiger partial charge in [0.2, 0.25) is 0 Å². The van der Waals surface area contributed by atoms with Gasteiger partial charge in [0.15, 0.2) is 0 Å². The predicted molar refractivity (Wildman–Crippen MR) is 92.4 cm³/mol. The van der Waals surface area contributed by atoms with Crippen molar-refractivity contribution in [1.29, 1.82) is 0 Å². The topological polar surface area (TPSA) is 43.6 Å². The number of hydrogen-bond donors (Lipinski definition) is 0. The summed E-state index contributed by atoms with van der Waals surface area (Å²) < 4.78 is 15.5. The monoisotopic (exact) mass is 330 g/mol. The van der Waals surface area contributed by atoms with Crippen LogP contribution in [0.5, 0.6) is 0 Å². The average molecular weight is 330 g/mol. The van der Waals surface area contributed by atoms with Gasteiger partial charge in [-0.1, -0.05) is 42.5 Å². The fourth-order valence-corrected chi connectivity index (χ4v) is 3.21. The predicted octanol–water partition coefficient (Wildman–Crippen LogP) is 3.65. The summed E-state index contributed by atoms with van der Waals surface area (Å²) in [6, 6.07) is 16.4. The second kappa shape index (κ2) is 6.28. The molecule has 2 aromatic heterocycles. The third-order valence-electron chi connectivity index (χ3n) is 4.28. The highest BCUT2D eigenvalue weighted by molar-refractivity contribution is 5.47. The molecule has 0 radical (unpaired) electrons. The zero-order valence-corrected chi connectivity index (χ0v) is 13.3. The van der Waals surface area contributed by atoms with Crippen molar-refractivity contribution in [1.82, 2.24) is 19.5 Å². The Bertz CT molecular complexity index is 897. The summed E-state index contributed by atoms with van der Waals surface area (Å²) in [6.07, 6.45) is 10.4. The fraction of sp³-hybridized carbons (Fsp3) is 0.0500. The van der Waals surface area contributed by atoms with E-state index in [9.17, 15) is 4.39 Å². The Balaban J connectivity index is 2.11. The van der Waals surface area contributed by atoms with E-state index in [1.54, 1.807) is 43.2 Å². The lowest BCUT2D eigenvalue weighted by molar-refractivity contribution is 0.496. The van der Waals surface area contributed by atoms with Gasteiger partial charge in [-0.3, -0.25) is 9.97 Å². The van der Waals surface area contributed by atoms with Crippen LogP contribution in [0.3, 0.4) is 0 Å². The third-order valence-corrected chi connectivity index (χ3v) is 4.28. The number of rotatable bonds is 4. The molecule has 0 fully saturated rings. The van der Waals surface area contributed by atoms with E-state index in [1.807, 2.05) is 41.1 Å². The molecule has 25 heavy (non-hydrogen) atoms. The minimum Gasteiger partial charge on any atom is -0.317 e. The van der Waals surface area contributed by atoms with Crippen molar-refractivity contribution in [3.05, 3.63) is 115 Å². The molecule has 5 heteroatoms. The fourth-order valence-electron chi connectivity index (χ4n) is 3.21. The Labute approximate surface area is 144 Å². The summed E-state index contributed by atoms with van der Waals surface area (Å²) in [4.78, 5) is 13.1. The Kier molecular flexibility index (Phi) is 3.82. The van der Waals surface area contributed by atoms with Crippen molar-refractivity contribution in [2.24, 2.45) is 0 Å². The van der Waals surface area contributed by atoms with Crippen LogP contribution in [-0.2, 0) is 5.54 Å². The summed E-state index contributed by atoms with van der Waals surface area (Å²) in [6.45, 7) is 0. The lowest BCUT2D eigenvalue weighted by atomic mass is 9.79. The van der Waals surface area contributed by atoms with Crippen LogP contribution in [0.1, 0.15) is 16.8 Å². The van der Waals surface area contributed by atoms with Crippen molar-refractivity contribution < 1.29 is 4.39 Å². The molecule has 0 aliphatic heterocycles. The van der Waals surface area contributed by atoms with Crippen molar-refractivity contribution in [3.63, 3.8) is 0 Å². The molecule has 0 aliphatic rings. The van der Waals surface area contributed by atoms with Gasteiger partial charge in [-0.2, -0.15) is 0 Å². The van der Waals surface area contributed by atoms with Gasteiger partial charge in [-0.25, -0.2) is 9.37 Å². The summed E-state index contributed by atoms with van der Waals surface area (Å²) in [5, 5.41) is 0. The largest absolute Gasteiger partial charge is 0.317 e. The lowest BCUT2D eigenvalue weighted by Crippen LogP contribution is -2.38. The highest BCUT2D eigenvalue weighted by Gasteiger charge is 2.39. The van der Waals surface area contributed by atoms with E-state index in [-0.39, 0.29) is 5.82 Å². The number of halogens is 1. The maximum atomic E-state index is 13.6. The number of benzene rings is 2. The van der Waals surface area contributed by atoms with Crippen molar-refractivity contribution in [3.8, 4) is 0 Å². The highest BCUT2D eigenvalue weighted by atomic mass is 19.1. The van der Waals surface area contributed by atoms with Gasteiger partial charge in [0.1, 0.15) is 11.4 Å². The second-order valence-corrected chi connectivity index (χ2v) is 5.64. The van der Waals surface area contributed by atoms with Gasteiger partial charge < -0.3 is 4.57 Å². The first-order chi connectivity index (χ1) is 12.3. The first kappa shape index (κ1) is 15.2. The first-order valence-corrected chi connectivity index (χ1v) is 7.88. The molecule has 0 saturated carbocycles. The molecule has 4 aromatic rings. The zero-order chi connectivity index (χ0) is 17.1. The summed E-state index contributed by atoms with van der Waals surface area (Å²) >= 11 is 0. The number of imidazole rings is 1. The molecule has 0 N–H and O–H groups in total. The Morgan fingerprint density at radius 3 is 2.20 bits per heavy atom. The van der Waals surface area contributed by atoms with Crippen LogP contribution in [0.15, 0.2) is 91.9 Å². The summed E-state index contributed by atoms with van der Waals surface area (Å²) in [7, 11) is 0. The van der Waals surface area contributed by atoms with E-state index in [0.717, 1.165) is 16.8 Å². The van der Waals surface area contributed by atoms with Crippen molar-refractivity contribution >= 4 is 0 Å². The Morgan fingerprint density at radius 2 is 1.56 bits per heavy atom. The van der Waals surface area contributed by atoms with Crippen LogP contribution < -0.4 is 0 Å². The molecule has 0 aliphatic carbocycles. The van der Waals surface area contributed by atoms with Gasteiger partial charge in [0, 0.05) is 24.8 Å². The van der Waals surface area contributed by atoms with E-state index in [0.29, 0.717) is 0 Å². The molecule has 0 saturated heterocycles. The minimum atomic E-state index is -0.792. The van der Waals surface area contributed by atoms with Gasteiger partial charge in [0.05, 0.1) is 18.2 Å². The van der Waals surface area contributed by atoms with Crippen LogP contribution in [0, 0.1) is 5.82 Å². The Morgan fingerprint density at radius 1 is 0.800 bits per heavy atom. The quantitative estimate of drug-likeness (QED) is 0.574. The smallest absolute Gasteiger partial charge is 0.140 e. The molecule has 1 atom stereocenters. The third kappa shape index (κ3) is 2.50. The summed E-state index contributed by atoms with van der Waals surface area (Å²) in [5.74, 6) is -0.282. The molecule has 4 nitrogen and oxygen atoms in total. The van der Waals surface area contributed by atoms with Crippen LogP contribution in [0.4, 0.5) is 4.39 Å². The minimum absolute atomic E-state index is 0.282. The number of aromatic nitrogens is 4. The van der Waals surface area contributed by atoms with Gasteiger partial charge >= 0.3 is 0 Å². The molecule has 0 amide bonds. The molecule has 2 aromatic carbocycles. The first-order valence-electron chi connectivity index (χ1n) is 7.88.